The smallest absolute Gasteiger partial charge is 0.246 e. The third-order valence-electron chi connectivity index (χ3n) is 11.4. The largest absolute Gasteiger partial charge is 0.357 e. The van der Waals surface area contributed by atoms with Crippen molar-refractivity contribution in [1.29, 1.82) is 0 Å². The van der Waals surface area contributed by atoms with Crippen LogP contribution in [0.3, 0.4) is 0 Å². The number of carbonyl (C=O) groups is 8. The van der Waals surface area contributed by atoms with Crippen molar-refractivity contribution in [3.8, 4) is 0 Å². The molecule has 65 heavy (non-hydrogen) atoms. The van der Waals surface area contributed by atoms with E-state index >= 15 is 0 Å². The number of hydrogen-bond acceptors (Lipinski definition) is 11. The Balaban J connectivity index is 6.56. The lowest BCUT2D eigenvalue weighted by molar-refractivity contribution is -0.524. The lowest BCUT2D eigenvalue weighted by Crippen LogP contribution is -2.61. The van der Waals surface area contributed by atoms with E-state index in [0.717, 1.165) is 0 Å². The fourth-order valence-electron chi connectivity index (χ4n) is 7.48. The highest BCUT2D eigenvalue weighted by Gasteiger charge is 2.41. The number of rotatable bonds is 28. The zero-order chi connectivity index (χ0) is 50.8. The molecule has 374 valence electrons. The first kappa shape index (κ1) is 60.1. The van der Waals surface area contributed by atoms with E-state index < -0.39 is 94.6 Å². The molecule has 8 atom stereocenters. The maximum absolute atomic E-state index is 14.4. The van der Waals surface area contributed by atoms with Crippen molar-refractivity contribution in [2.45, 2.75) is 163 Å². The number of likely N-dealkylation sites (N-methyl/N-ethyl adjacent to an activating group) is 6. The van der Waals surface area contributed by atoms with Gasteiger partial charge in [0.2, 0.25) is 53.3 Å². The zero-order valence-electron chi connectivity index (χ0n) is 42.6. The van der Waals surface area contributed by atoms with Gasteiger partial charge in [0, 0.05) is 53.0 Å². The van der Waals surface area contributed by atoms with E-state index in [9.17, 15) is 48.5 Å². The molecule has 0 fully saturated rings. The van der Waals surface area contributed by atoms with Crippen LogP contribution < -0.4 is 21.3 Å². The Hall–Kier alpha value is -4.88. The maximum Gasteiger partial charge on any atom is 0.246 e. The van der Waals surface area contributed by atoms with E-state index in [0.29, 0.717) is 12.8 Å². The van der Waals surface area contributed by atoms with Crippen LogP contribution in [0, 0.1) is 33.8 Å². The van der Waals surface area contributed by atoms with Crippen molar-refractivity contribution in [2.75, 3.05) is 55.9 Å². The van der Waals surface area contributed by atoms with Crippen LogP contribution >= 0.6 is 0 Å². The molecule has 20 heteroatoms. The summed E-state index contributed by atoms with van der Waals surface area (Å²) >= 11 is 0. The van der Waals surface area contributed by atoms with Crippen LogP contribution in [0.4, 0.5) is 0 Å². The van der Waals surface area contributed by atoms with Gasteiger partial charge < -0.3 is 45.8 Å². The summed E-state index contributed by atoms with van der Waals surface area (Å²) in [4.78, 5) is 128. The highest BCUT2D eigenvalue weighted by atomic mass is 16.6. The molecule has 0 aromatic heterocycles. The van der Waals surface area contributed by atoms with Gasteiger partial charge >= 0.3 is 0 Å². The fourth-order valence-corrected chi connectivity index (χ4v) is 7.48. The molecule has 0 aromatic carbocycles. The highest BCUT2D eigenvalue weighted by Crippen LogP contribution is 2.21. The molecule has 0 spiro atoms. The second-order valence-electron chi connectivity index (χ2n) is 19.3. The van der Waals surface area contributed by atoms with Crippen LogP contribution in [-0.4, -0.2) is 181 Å². The van der Waals surface area contributed by atoms with Gasteiger partial charge in [0.25, 0.3) is 0 Å². The summed E-state index contributed by atoms with van der Waals surface area (Å²) in [5.41, 5.74) is 0. The van der Waals surface area contributed by atoms with E-state index in [1.807, 2.05) is 41.5 Å². The molecule has 0 aromatic rings. The van der Waals surface area contributed by atoms with Gasteiger partial charge in [-0.1, -0.05) is 62.3 Å². The summed E-state index contributed by atoms with van der Waals surface area (Å²) in [6, 6.07) is -8.79. The Labute approximate surface area is 388 Å². The molecule has 4 N–H and O–H groups in total. The monoisotopic (exact) mass is 925 g/mol. The van der Waals surface area contributed by atoms with E-state index in [1.54, 1.807) is 39.8 Å². The van der Waals surface area contributed by atoms with Crippen molar-refractivity contribution in [3.05, 3.63) is 10.1 Å². The lowest BCUT2D eigenvalue weighted by atomic mass is 9.96. The predicted molar refractivity (Wildman–Crippen MR) is 250 cm³/mol. The van der Waals surface area contributed by atoms with E-state index in [1.165, 1.54) is 68.7 Å². The summed E-state index contributed by atoms with van der Waals surface area (Å²) in [5, 5.41) is 22.8. The average Bonchev–Trinajstić information content (AvgIpc) is 3.21. The maximum atomic E-state index is 14.4. The number of nitro groups is 1. The number of amides is 8. The standard InChI is InChI=1S/C45H84N10O10/c1-19-20-37(56)51(15)36(24-32(55(64)65)25-50(13)14)44(62)53(17)35(23-28(6)7)42(60)49-38(29(8)9)45(63)54(18)34(22-27(4)5)41(59)47-30(10)39(57)48-31(11)43(61)52(16)33(21-26(2)3)40(58)46-12/h26-36,38H,19-25H2,1-18H3,(H,46,58)(H,47,59)(H,48,57)(H,49,60)/t30-,31+,32?,33-,34-,35-,36+,38-/m0/s1. The third kappa shape index (κ3) is 19.2. The second kappa shape index (κ2) is 28.2. The summed E-state index contributed by atoms with van der Waals surface area (Å²) in [7, 11) is 10.6. The van der Waals surface area contributed by atoms with Gasteiger partial charge in [-0.15, -0.1) is 0 Å². The van der Waals surface area contributed by atoms with Crippen LogP contribution in [0.25, 0.3) is 0 Å². The molecule has 0 radical (unpaired) electrons. The van der Waals surface area contributed by atoms with Gasteiger partial charge in [-0.05, 0) is 77.3 Å². The Kier molecular flexibility index (Phi) is 26.1. The van der Waals surface area contributed by atoms with E-state index in [4.69, 9.17) is 0 Å². The topological polar surface area (TPSA) is 244 Å². The van der Waals surface area contributed by atoms with Gasteiger partial charge in [0.15, 0.2) is 0 Å². The molecular weight excluding hydrogens is 841 g/mol. The molecule has 1 unspecified atom stereocenters. The molecule has 0 saturated heterocycles. The molecule has 0 rings (SSSR count). The first-order valence-corrected chi connectivity index (χ1v) is 22.9. The highest BCUT2D eigenvalue weighted by molar-refractivity contribution is 5.97. The SMILES string of the molecule is CCCC(=O)N(C)[C@H](CC(CN(C)C)[N+](=O)[O-])C(=O)N(C)[C@@H](CC(C)C)C(=O)N[C@H](C(=O)N(C)[C@@H](CC(C)C)C(=O)N[C@@H](C)C(=O)N[C@H](C)C(=O)N(C)[C@@H](CC(C)C)C(=O)NC)C(C)C. The lowest BCUT2D eigenvalue weighted by Gasteiger charge is -2.37. The Morgan fingerprint density at radius 2 is 0.938 bits per heavy atom. The first-order chi connectivity index (χ1) is 29.9. The first-order valence-electron chi connectivity index (χ1n) is 22.9. The number of nitrogens with one attached hydrogen (secondary N) is 4. The minimum atomic E-state index is -1.26. The molecule has 0 saturated carbocycles. The predicted octanol–water partition coefficient (Wildman–Crippen LogP) is 1.73. The summed E-state index contributed by atoms with van der Waals surface area (Å²) in [5.74, 6) is -5.05. The number of nitrogens with zero attached hydrogens (tertiary/aromatic N) is 6. The molecule has 0 heterocycles. The zero-order valence-corrected chi connectivity index (χ0v) is 42.6. The fraction of sp³-hybridized carbons (Fsp3) is 0.822. The molecule has 0 aliphatic carbocycles. The normalized spacial score (nSPS) is 15.2. The molecule has 8 amide bonds. The summed E-state index contributed by atoms with van der Waals surface area (Å²) in [6.45, 7) is 19.5. The molecule has 0 aliphatic heterocycles. The Bertz CT molecular complexity index is 1620. The van der Waals surface area contributed by atoms with Gasteiger partial charge in [-0.2, -0.15) is 0 Å². The van der Waals surface area contributed by atoms with Gasteiger partial charge in [-0.3, -0.25) is 48.5 Å². The van der Waals surface area contributed by atoms with Gasteiger partial charge in [-0.25, -0.2) is 0 Å². The van der Waals surface area contributed by atoms with Gasteiger partial charge in [0.05, 0.1) is 6.54 Å². The minimum absolute atomic E-state index is 0.0123. The van der Waals surface area contributed by atoms with Crippen LogP contribution in [0.1, 0.15) is 115 Å². The van der Waals surface area contributed by atoms with E-state index in [2.05, 4.69) is 21.3 Å². The summed E-state index contributed by atoms with van der Waals surface area (Å²) in [6.07, 6.45) is 1.06. The van der Waals surface area contributed by atoms with Crippen LogP contribution in [0.15, 0.2) is 0 Å². The second-order valence-corrected chi connectivity index (χ2v) is 19.3. The molecular formula is C45H84N10O10. The number of hydrogen-bond donors (Lipinski definition) is 4. The van der Waals surface area contributed by atoms with Crippen LogP contribution in [-0.2, 0) is 38.4 Å². The molecule has 0 aliphatic rings. The van der Waals surface area contributed by atoms with E-state index in [-0.39, 0.29) is 61.8 Å². The van der Waals surface area contributed by atoms with Crippen molar-refractivity contribution < 1.29 is 43.3 Å². The third-order valence-corrected chi connectivity index (χ3v) is 11.4. The molecule has 0 bridgehead atoms. The van der Waals surface area contributed by atoms with Crippen molar-refractivity contribution in [2.24, 2.45) is 23.7 Å². The van der Waals surface area contributed by atoms with Crippen molar-refractivity contribution in [3.63, 3.8) is 0 Å². The van der Waals surface area contributed by atoms with Crippen LogP contribution in [0.2, 0.25) is 0 Å². The molecule has 20 nitrogen and oxygen atoms in total. The minimum Gasteiger partial charge on any atom is -0.357 e. The van der Waals surface area contributed by atoms with Crippen molar-refractivity contribution in [1.82, 2.24) is 45.8 Å². The summed E-state index contributed by atoms with van der Waals surface area (Å²) < 4.78 is 0. The number of carbonyl (C=O) groups excluding carboxylic acids is 8. The average molecular weight is 925 g/mol. The quantitative estimate of drug-likeness (QED) is 0.0651. The van der Waals surface area contributed by atoms with Crippen molar-refractivity contribution >= 4 is 47.3 Å². The Morgan fingerprint density at radius 3 is 1.34 bits per heavy atom. The Morgan fingerprint density at radius 1 is 0.523 bits per heavy atom. The van der Waals surface area contributed by atoms with Gasteiger partial charge in [0.1, 0.15) is 42.3 Å². The van der Waals surface area contributed by atoms with Crippen LogP contribution in [0.5, 0.6) is 0 Å².